The molecule has 22 heavy (non-hydrogen) atoms. The first-order valence-corrected chi connectivity index (χ1v) is 7.55. The SMILES string of the molecule is OC[C@H]1OC[C@H](Nc2nc(-c3cccnc3)ns2)[C@@H](O)[C@H]1O. The number of ether oxygens (including phenoxy) is 1. The standard InChI is InChI=1S/C13H16N4O4S/c18-5-9-11(20)10(19)8(6-21-9)15-13-16-12(17-22-13)7-2-1-3-14-4-7/h1-4,8-11,18-20H,5-6H2,(H,15,16,17)/t8-,9+,10+,11-/m0/s1. The first-order chi connectivity index (χ1) is 10.7. The molecule has 4 atom stereocenters. The molecule has 2 aromatic heterocycles. The van der Waals surface area contributed by atoms with Gasteiger partial charge in [0, 0.05) is 29.5 Å². The molecule has 3 rings (SSSR count). The minimum Gasteiger partial charge on any atom is -0.394 e. The highest BCUT2D eigenvalue weighted by Gasteiger charge is 2.38. The van der Waals surface area contributed by atoms with Gasteiger partial charge in [-0.15, -0.1) is 0 Å². The second kappa shape index (κ2) is 6.63. The Bertz CT molecular complexity index is 611. The minimum atomic E-state index is -1.15. The fourth-order valence-electron chi connectivity index (χ4n) is 2.22. The number of rotatable bonds is 4. The normalized spacial score (nSPS) is 28.5. The lowest BCUT2D eigenvalue weighted by Gasteiger charge is -2.36. The van der Waals surface area contributed by atoms with Crippen molar-refractivity contribution in [2.45, 2.75) is 24.4 Å². The predicted octanol–water partition coefficient (Wildman–Crippen LogP) is -0.506. The molecule has 1 fully saturated rings. The molecule has 1 saturated heterocycles. The van der Waals surface area contributed by atoms with Crippen molar-refractivity contribution in [2.24, 2.45) is 0 Å². The summed E-state index contributed by atoms with van der Waals surface area (Å²) in [5.74, 6) is 0.542. The Kier molecular flexibility index (Phi) is 4.60. The van der Waals surface area contributed by atoms with Crippen molar-refractivity contribution in [3.05, 3.63) is 24.5 Å². The Hall–Kier alpha value is -1.65. The fourth-order valence-corrected chi connectivity index (χ4v) is 2.87. The predicted molar refractivity (Wildman–Crippen MR) is 79.4 cm³/mol. The molecule has 0 amide bonds. The monoisotopic (exact) mass is 324 g/mol. The van der Waals surface area contributed by atoms with Crippen LogP contribution in [0.2, 0.25) is 0 Å². The number of aliphatic hydroxyl groups excluding tert-OH is 3. The van der Waals surface area contributed by atoms with Crippen molar-refractivity contribution in [1.82, 2.24) is 14.3 Å². The molecule has 0 unspecified atom stereocenters. The van der Waals surface area contributed by atoms with Crippen LogP contribution in [-0.2, 0) is 4.74 Å². The zero-order valence-corrected chi connectivity index (χ0v) is 12.3. The highest BCUT2D eigenvalue weighted by atomic mass is 32.1. The molecule has 0 spiro atoms. The Morgan fingerprint density at radius 3 is 2.95 bits per heavy atom. The summed E-state index contributed by atoms with van der Waals surface area (Å²) in [5.41, 5.74) is 0.799. The molecular formula is C13H16N4O4S. The van der Waals surface area contributed by atoms with Crippen LogP contribution in [0.4, 0.5) is 5.13 Å². The van der Waals surface area contributed by atoms with Gasteiger partial charge in [0.2, 0.25) is 5.13 Å². The van der Waals surface area contributed by atoms with Crippen LogP contribution in [0.25, 0.3) is 11.4 Å². The van der Waals surface area contributed by atoms with Crippen molar-refractivity contribution in [1.29, 1.82) is 0 Å². The van der Waals surface area contributed by atoms with Crippen LogP contribution >= 0.6 is 11.5 Å². The average Bonchev–Trinajstić information content (AvgIpc) is 3.02. The van der Waals surface area contributed by atoms with Crippen LogP contribution in [0.5, 0.6) is 0 Å². The van der Waals surface area contributed by atoms with E-state index in [0.29, 0.717) is 11.0 Å². The lowest BCUT2D eigenvalue weighted by atomic mass is 9.99. The Labute approximate surface area is 130 Å². The molecule has 4 N–H and O–H groups in total. The zero-order valence-electron chi connectivity index (χ0n) is 11.5. The van der Waals surface area contributed by atoms with Crippen LogP contribution in [0.1, 0.15) is 0 Å². The maximum Gasteiger partial charge on any atom is 0.203 e. The highest BCUT2D eigenvalue weighted by molar-refractivity contribution is 7.09. The number of nitrogens with one attached hydrogen (secondary N) is 1. The molecule has 3 heterocycles. The smallest absolute Gasteiger partial charge is 0.203 e. The van der Waals surface area contributed by atoms with Gasteiger partial charge in [-0.1, -0.05) is 0 Å². The van der Waals surface area contributed by atoms with Gasteiger partial charge in [0.15, 0.2) is 5.82 Å². The first-order valence-electron chi connectivity index (χ1n) is 6.78. The summed E-state index contributed by atoms with van der Waals surface area (Å²) in [7, 11) is 0. The molecular weight excluding hydrogens is 308 g/mol. The summed E-state index contributed by atoms with van der Waals surface area (Å²) in [6.07, 6.45) is 0.357. The van der Waals surface area contributed by atoms with E-state index in [1.165, 1.54) is 0 Å². The summed E-state index contributed by atoms with van der Waals surface area (Å²) < 4.78 is 9.54. The topological polar surface area (TPSA) is 121 Å². The summed E-state index contributed by atoms with van der Waals surface area (Å²) in [6.45, 7) is -0.180. The van der Waals surface area contributed by atoms with E-state index in [0.717, 1.165) is 17.1 Å². The maximum absolute atomic E-state index is 10.1. The molecule has 0 aromatic carbocycles. The van der Waals surface area contributed by atoms with E-state index in [2.05, 4.69) is 19.7 Å². The van der Waals surface area contributed by atoms with E-state index in [-0.39, 0.29) is 13.2 Å². The molecule has 8 nitrogen and oxygen atoms in total. The second-order valence-electron chi connectivity index (χ2n) is 4.95. The molecule has 2 aromatic rings. The number of anilines is 1. The molecule has 1 aliphatic rings. The van der Waals surface area contributed by atoms with Gasteiger partial charge in [-0.3, -0.25) is 4.98 Å². The van der Waals surface area contributed by atoms with Crippen LogP contribution < -0.4 is 5.32 Å². The molecule has 0 saturated carbocycles. The second-order valence-corrected chi connectivity index (χ2v) is 5.70. The van der Waals surface area contributed by atoms with Gasteiger partial charge in [-0.05, 0) is 12.1 Å². The molecule has 9 heteroatoms. The third kappa shape index (κ3) is 3.08. The Balaban J connectivity index is 1.68. The average molecular weight is 324 g/mol. The third-order valence-corrected chi connectivity index (χ3v) is 4.11. The van der Waals surface area contributed by atoms with Crippen LogP contribution in [0.3, 0.4) is 0 Å². The van der Waals surface area contributed by atoms with E-state index < -0.39 is 24.4 Å². The molecule has 0 aliphatic carbocycles. The van der Waals surface area contributed by atoms with Crippen LogP contribution in [0.15, 0.2) is 24.5 Å². The van der Waals surface area contributed by atoms with Crippen molar-refractivity contribution in [3.8, 4) is 11.4 Å². The van der Waals surface area contributed by atoms with Crippen molar-refractivity contribution >= 4 is 16.7 Å². The number of hydrogen-bond donors (Lipinski definition) is 4. The summed E-state index contributed by atoms with van der Waals surface area (Å²) >= 11 is 1.15. The number of hydrogen-bond acceptors (Lipinski definition) is 9. The van der Waals surface area contributed by atoms with Crippen molar-refractivity contribution in [2.75, 3.05) is 18.5 Å². The van der Waals surface area contributed by atoms with Gasteiger partial charge in [0.25, 0.3) is 0 Å². The zero-order chi connectivity index (χ0) is 15.5. The largest absolute Gasteiger partial charge is 0.394 e. The van der Waals surface area contributed by atoms with Crippen molar-refractivity contribution < 1.29 is 20.1 Å². The first kappa shape index (κ1) is 15.3. The minimum absolute atomic E-state index is 0.158. The fraction of sp³-hybridized carbons (Fsp3) is 0.462. The maximum atomic E-state index is 10.1. The van der Waals surface area contributed by atoms with Crippen LogP contribution in [0, 0.1) is 0 Å². The van der Waals surface area contributed by atoms with Gasteiger partial charge >= 0.3 is 0 Å². The van der Waals surface area contributed by atoms with Gasteiger partial charge in [0.1, 0.15) is 18.3 Å². The van der Waals surface area contributed by atoms with Crippen molar-refractivity contribution in [3.63, 3.8) is 0 Å². The summed E-state index contributed by atoms with van der Waals surface area (Å²) in [6, 6.07) is 3.13. The van der Waals surface area contributed by atoms with Gasteiger partial charge in [-0.25, -0.2) is 0 Å². The summed E-state index contributed by atoms with van der Waals surface area (Å²) in [4.78, 5) is 8.35. The lowest BCUT2D eigenvalue weighted by molar-refractivity contribution is -0.152. The van der Waals surface area contributed by atoms with E-state index in [1.807, 2.05) is 6.07 Å². The number of aliphatic hydroxyl groups is 3. The molecule has 118 valence electrons. The lowest BCUT2D eigenvalue weighted by Crippen LogP contribution is -2.56. The quantitative estimate of drug-likeness (QED) is 0.594. The Morgan fingerprint density at radius 2 is 2.23 bits per heavy atom. The van der Waals surface area contributed by atoms with E-state index in [9.17, 15) is 10.2 Å². The molecule has 0 radical (unpaired) electrons. The number of nitrogens with zero attached hydrogens (tertiary/aromatic N) is 3. The van der Waals surface area contributed by atoms with E-state index in [1.54, 1.807) is 18.5 Å². The van der Waals surface area contributed by atoms with Gasteiger partial charge in [0.05, 0.1) is 19.3 Å². The third-order valence-electron chi connectivity index (χ3n) is 3.47. The van der Waals surface area contributed by atoms with Gasteiger partial charge in [-0.2, -0.15) is 9.36 Å². The Morgan fingerprint density at radius 1 is 1.36 bits per heavy atom. The number of pyridine rings is 1. The molecule has 1 aliphatic heterocycles. The number of aromatic nitrogens is 3. The van der Waals surface area contributed by atoms with E-state index >= 15 is 0 Å². The highest BCUT2D eigenvalue weighted by Crippen LogP contribution is 2.23. The molecule has 0 bridgehead atoms. The van der Waals surface area contributed by atoms with Gasteiger partial charge < -0.3 is 25.4 Å². The van der Waals surface area contributed by atoms with Crippen LogP contribution in [-0.4, -0.2) is 67.2 Å². The van der Waals surface area contributed by atoms with E-state index in [4.69, 9.17) is 9.84 Å². The summed E-state index contributed by atoms with van der Waals surface area (Å²) in [5, 5.41) is 32.5.